The van der Waals surface area contributed by atoms with E-state index in [2.05, 4.69) is 22.6 Å². The second-order valence-corrected chi connectivity index (χ2v) is 2.56. The Labute approximate surface area is 78.7 Å². The van der Waals surface area contributed by atoms with Gasteiger partial charge in [0.05, 0.1) is 0 Å². The van der Waals surface area contributed by atoms with Crippen LogP contribution in [0.4, 0.5) is 0 Å². The Morgan fingerprint density at radius 1 is 1.36 bits per heavy atom. The second kappa shape index (κ2) is 4.33. The van der Waals surface area contributed by atoms with Crippen molar-refractivity contribution >= 4 is 28.9 Å². The quantitative estimate of drug-likeness (QED) is 0.474. The number of alkyl halides is 1. The molecule has 0 aliphatic heterocycles. The van der Waals surface area contributed by atoms with Crippen molar-refractivity contribution in [3.8, 4) is 5.75 Å². The molecule has 0 aromatic heterocycles. The van der Waals surface area contributed by atoms with Crippen LogP contribution in [0.2, 0.25) is 0 Å². The van der Waals surface area contributed by atoms with Gasteiger partial charge in [-0.1, -0.05) is 0 Å². The maximum Gasteiger partial charge on any atom is 0.150 e. The third-order valence-electron chi connectivity index (χ3n) is 1.24. The van der Waals surface area contributed by atoms with Crippen molar-refractivity contribution in [2.24, 2.45) is 0 Å². The average molecular weight is 262 g/mol. The van der Waals surface area contributed by atoms with Gasteiger partial charge in [0.2, 0.25) is 0 Å². The number of aldehydes is 1. The van der Waals surface area contributed by atoms with Gasteiger partial charge in [0.15, 0.2) is 0 Å². The summed E-state index contributed by atoms with van der Waals surface area (Å²) in [4.78, 5) is 10.2. The molecule has 0 radical (unpaired) electrons. The largest absolute Gasteiger partial charge is 0.483 e. The number of hydrogen-bond donors (Lipinski definition) is 0. The van der Waals surface area contributed by atoms with Gasteiger partial charge in [0, 0.05) is 5.56 Å². The van der Waals surface area contributed by atoms with Crippen molar-refractivity contribution in [3.05, 3.63) is 29.8 Å². The summed E-state index contributed by atoms with van der Waals surface area (Å²) >= 11 is 2.12. The monoisotopic (exact) mass is 262 g/mol. The number of hydrogen-bond acceptors (Lipinski definition) is 2. The standard InChI is InChI=1S/C8H7IO2/c9-6-11-8-3-1-7(5-10)2-4-8/h1-5H,6H2. The first-order valence-electron chi connectivity index (χ1n) is 3.11. The molecule has 0 saturated carbocycles. The van der Waals surface area contributed by atoms with Gasteiger partial charge < -0.3 is 4.74 Å². The van der Waals surface area contributed by atoms with E-state index in [0.29, 0.717) is 10.2 Å². The van der Waals surface area contributed by atoms with E-state index < -0.39 is 0 Å². The average Bonchev–Trinajstić information content (AvgIpc) is 2.07. The first-order chi connectivity index (χ1) is 5.36. The van der Waals surface area contributed by atoms with Crippen LogP contribution in [-0.4, -0.2) is 10.9 Å². The fraction of sp³-hybridized carbons (Fsp3) is 0.125. The van der Waals surface area contributed by atoms with Crippen LogP contribution in [0.25, 0.3) is 0 Å². The van der Waals surface area contributed by atoms with Crippen LogP contribution in [0.15, 0.2) is 24.3 Å². The van der Waals surface area contributed by atoms with Gasteiger partial charge in [-0.2, -0.15) is 0 Å². The Morgan fingerprint density at radius 2 is 2.00 bits per heavy atom. The minimum absolute atomic E-state index is 0.623. The van der Waals surface area contributed by atoms with Crippen LogP contribution in [0.5, 0.6) is 5.75 Å². The highest BCUT2D eigenvalue weighted by molar-refractivity contribution is 14.1. The number of carbonyl (C=O) groups excluding carboxylic acids is 1. The summed E-state index contributed by atoms with van der Waals surface area (Å²) in [5.41, 5.74) is 0.672. The highest BCUT2D eigenvalue weighted by Gasteiger charge is 1.91. The van der Waals surface area contributed by atoms with Crippen molar-refractivity contribution < 1.29 is 9.53 Å². The van der Waals surface area contributed by atoms with Gasteiger partial charge >= 0.3 is 0 Å². The van der Waals surface area contributed by atoms with E-state index in [1.54, 1.807) is 24.3 Å². The zero-order valence-electron chi connectivity index (χ0n) is 5.79. The fourth-order valence-corrected chi connectivity index (χ4v) is 1.07. The topological polar surface area (TPSA) is 26.3 Å². The summed E-state index contributed by atoms with van der Waals surface area (Å²) in [5.74, 6) is 0.796. The maximum atomic E-state index is 10.2. The second-order valence-electron chi connectivity index (χ2n) is 1.94. The van der Waals surface area contributed by atoms with Crippen LogP contribution < -0.4 is 4.74 Å². The number of carbonyl (C=O) groups is 1. The van der Waals surface area contributed by atoms with Crippen LogP contribution in [0, 0.1) is 0 Å². The zero-order chi connectivity index (χ0) is 8.10. The van der Waals surface area contributed by atoms with E-state index in [4.69, 9.17) is 4.74 Å². The summed E-state index contributed by atoms with van der Waals surface area (Å²) in [6, 6.07) is 7.02. The number of benzene rings is 1. The molecule has 0 saturated heterocycles. The molecule has 0 heterocycles. The molecule has 1 rings (SSSR count). The summed E-state index contributed by atoms with van der Waals surface area (Å²) in [6.45, 7) is 0. The summed E-state index contributed by atoms with van der Waals surface area (Å²) in [6.07, 6.45) is 0.813. The lowest BCUT2D eigenvalue weighted by molar-refractivity contribution is 0.112. The molecule has 2 nitrogen and oxygen atoms in total. The van der Waals surface area contributed by atoms with Gasteiger partial charge in [-0.25, -0.2) is 0 Å². The van der Waals surface area contributed by atoms with E-state index in [9.17, 15) is 4.79 Å². The molecule has 0 bridgehead atoms. The van der Waals surface area contributed by atoms with Crippen molar-refractivity contribution in [1.82, 2.24) is 0 Å². The number of halogens is 1. The molecular formula is C8H7IO2. The highest BCUT2D eigenvalue weighted by atomic mass is 127. The van der Waals surface area contributed by atoms with Gasteiger partial charge in [0.25, 0.3) is 0 Å². The Kier molecular flexibility index (Phi) is 3.35. The lowest BCUT2D eigenvalue weighted by Crippen LogP contribution is -1.88. The van der Waals surface area contributed by atoms with Crippen molar-refractivity contribution in [3.63, 3.8) is 0 Å². The smallest absolute Gasteiger partial charge is 0.150 e. The highest BCUT2D eigenvalue weighted by Crippen LogP contribution is 2.11. The Bertz CT molecular complexity index is 230. The Balaban J connectivity index is 2.74. The lowest BCUT2D eigenvalue weighted by atomic mass is 10.2. The van der Waals surface area contributed by atoms with Gasteiger partial charge in [-0.3, -0.25) is 4.79 Å². The van der Waals surface area contributed by atoms with Gasteiger partial charge in [-0.15, -0.1) is 0 Å². The third-order valence-corrected chi connectivity index (χ3v) is 1.55. The first-order valence-corrected chi connectivity index (χ1v) is 4.63. The SMILES string of the molecule is O=Cc1ccc(OCI)cc1. The number of ether oxygens (including phenoxy) is 1. The minimum atomic E-state index is 0.623. The summed E-state index contributed by atoms with van der Waals surface area (Å²) in [7, 11) is 0. The molecule has 11 heavy (non-hydrogen) atoms. The Morgan fingerprint density at radius 3 is 2.45 bits per heavy atom. The zero-order valence-corrected chi connectivity index (χ0v) is 7.95. The number of rotatable bonds is 3. The van der Waals surface area contributed by atoms with Crippen molar-refractivity contribution in [1.29, 1.82) is 0 Å². The van der Waals surface area contributed by atoms with Crippen LogP contribution in [0.3, 0.4) is 0 Å². The van der Waals surface area contributed by atoms with Crippen LogP contribution >= 0.6 is 22.6 Å². The summed E-state index contributed by atoms with van der Waals surface area (Å²) < 4.78 is 5.80. The molecular weight excluding hydrogens is 255 g/mol. The molecule has 0 aliphatic carbocycles. The first kappa shape index (κ1) is 8.52. The molecule has 0 unspecified atom stereocenters. The molecule has 58 valence electrons. The maximum absolute atomic E-state index is 10.2. The molecule has 0 fully saturated rings. The summed E-state index contributed by atoms with van der Waals surface area (Å²) in [5, 5.41) is 0. The van der Waals surface area contributed by atoms with Crippen LogP contribution in [0.1, 0.15) is 10.4 Å². The minimum Gasteiger partial charge on any atom is -0.483 e. The molecule has 1 aromatic rings. The third kappa shape index (κ3) is 2.49. The van der Waals surface area contributed by atoms with E-state index in [1.807, 2.05) is 0 Å². The van der Waals surface area contributed by atoms with Crippen LogP contribution in [-0.2, 0) is 0 Å². The van der Waals surface area contributed by atoms with Gasteiger partial charge in [-0.05, 0) is 46.9 Å². The lowest BCUT2D eigenvalue weighted by Gasteiger charge is -1.99. The fourth-order valence-electron chi connectivity index (χ4n) is 0.706. The van der Waals surface area contributed by atoms with Gasteiger partial charge in [0.1, 0.15) is 16.6 Å². The predicted octanol–water partition coefficient (Wildman–Crippen LogP) is 2.27. The molecule has 0 N–H and O–H groups in total. The van der Waals surface area contributed by atoms with E-state index >= 15 is 0 Å². The van der Waals surface area contributed by atoms with Crippen molar-refractivity contribution in [2.75, 3.05) is 4.61 Å². The molecule has 3 heteroatoms. The van der Waals surface area contributed by atoms with E-state index in [-0.39, 0.29) is 0 Å². The molecule has 0 aliphatic rings. The molecule has 0 spiro atoms. The van der Waals surface area contributed by atoms with E-state index in [1.165, 1.54) is 0 Å². The van der Waals surface area contributed by atoms with Crippen molar-refractivity contribution in [2.45, 2.75) is 0 Å². The molecule has 0 atom stereocenters. The molecule has 1 aromatic carbocycles. The van der Waals surface area contributed by atoms with E-state index in [0.717, 1.165) is 12.0 Å². The molecule has 0 amide bonds. The normalized spacial score (nSPS) is 9.18. The predicted molar refractivity (Wildman–Crippen MR) is 51.3 cm³/mol. The Hall–Kier alpha value is -0.580.